The lowest BCUT2D eigenvalue weighted by Gasteiger charge is -2.22. The second kappa shape index (κ2) is 7.51. The molecule has 4 nitrogen and oxygen atoms in total. The fraction of sp³-hybridized carbons (Fsp3) is 0.706. The van der Waals surface area contributed by atoms with E-state index in [-0.39, 0.29) is 24.4 Å². The van der Waals surface area contributed by atoms with E-state index in [0.29, 0.717) is 12.0 Å². The summed E-state index contributed by atoms with van der Waals surface area (Å²) in [5.74, 6) is 1.65. The van der Waals surface area contributed by atoms with Crippen molar-refractivity contribution < 1.29 is 9.53 Å². The molecule has 1 saturated heterocycles. The lowest BCUT2D eigenvalue weighted by molar-refractivity contribution is 0.0696. The van der Waals surface area contributed by atoms with Gasteiger partial charge in [0.2, 0.25) is 0 Å². The largest absolute Gasteiger partial charge is 0.381 e. The molecule has 128 valence electrons. The molecule has 0 bridgehead atoms. The molecule has 0 radical (unpaired) electrons. The van der Waals surface area contributed by atoms with Crippen LogP contribution in [0.5, 0.6) is 0 Å². The van der Waals surface area contributed by atoms with Crippen molar-refractivity contribution >= 4 is 29.7 Å². The molecule has 23 heavy (non-hydrogen) atoms. The molecule has 1 aromatic rings. The number of rotatable bonds is 6. The van der Waals surface area contributed by atoms with Crippen LogP contribution in [0, 0.1) is 5.92 Å². The number of halogens is 1. The minimum absolute atomic E-state index is 0. The van der Waals surface area contributed by atoms with Crippen LogP contribution in [0.15, 0.2) is 11.4 Å². The van der Waals surface area contributed by atoms with Gasteiger partial charge in [0.15, 0.2) is 0 Å². The van der Waals surface area contributed by atoms with Gasteiger partial charge in [0, 0.05) is 41.5 Å². The maximum atomic E-state index is 12.3. The predicted octanol–water partition coefficient (Wildman–Crippen LogP) is 2.93. The summed E-state index contributed by atoms with van der Waals surface area (Å²) in [6.07, 6.45) is 5.89. The SMILES string of the molecule is Cl.O=C(NC1CCOCC1)c1csc([C@H]2C[C@@H]2NCC2CC2)c1. The fourth-order valence-corrected chi connectivity index (χ4v) is 4.22. The van der Waals surface area contributed by atoms with Gasteiger partial charge in [0.1, 0.15) is 0 Å². The standard InChI is InChI=1S/C17H24N2O2S.ClH/c20-17(19-13-3-5-21-6-4-13)12-7-16(22-10-12)14-8-15(14)18-9-11-1-2-11;/h7,10-11,13-15,18H,1-6,8-9H2,(H,19,20);1H/t14-,15-;/m0./s1. The van der Waals surface area contributed by atoms with Crippen LogP contribution in [0.25, 0.3) is 0 Å². The van der Waals surface area contributed by atoms with Crippen molar-refractivity contribution in [3.63, 3.8) is 0 Å². The zero-order valence-corrected chi connectivity index (χ0v) is 14.9. The summed E-state index contributed by atoms with van der Waals surface area (Å²) in [5, 5.41) is 8.82. The second-order valence-corrected chi connectivity index (χ2v) is 7.84. The van der Waals surface area contributed by atoms with Gasteiger partial charge in [0.05, 0.1) is 5.56 Å². The predicted molar refractivity (Wildman–Crippen MR) is 94.7 cm³/mol. The highest BCUT2D eigenvalue weighted by molar-refractivity contribution is 7.10. The first kappa shape index (κ1) is 17.2. The van der Waals surface area contributed by atoms with E-state index >= 15 is 0 Å². The average Bonchev–Trinajstić information content (AvgIpc) is 3.45. The molecular weight excluding hydrogens is 332 g/mol. The molecule has 2 heterocycles. The van der Waals surface area contributed by atoms with Crippen LogP contribution in [0.3, 0.4) is 0 Å². The van der Waals surface area contributed by atoms with Crippen molar-refractivity contribution in [3.05, 3.63) is 21.9 Å². The zero-order valence-electron chi connectivity index (χ0n) is 13.3. The lowest BCUT2D eigenvalue weighted by atomic mass is 10.1. The first-order valence-electron chi connectivity index (χ1n) is 8.50. The quantitative estimate of drug-likeness (QED) is 0.824. The normalized spacial score (nSPS) is 27.3. The van der Waals surface area contributed by atoms with Gasteiger partial charge < -0.3 is 15.4 Å². The van der Waals surface area contributed by atoms with Crippen molar-refractivity contribution in [1.29, 1.82) is 0 Å². The molecule has 1 aromatic heterocycles. The topological polar surface area (TPSA) is 50.4 Å². The smallest absolute Gasteiger partial charge is 0.252 e. The molecule has 2 N–H and O–H groups in total. The van der Waals surface area contributed by atoms with Crippen molar-refractivity contribution in [1.82, 2.24) is 10.6 Å². The van der Waals surface area contributed by atoms with Crippen LogP contribution in [0.4, 0.5) is 0 Å². The molecule has 0 spiro atoms. The number of nitrogens with one attached hydrogen (secondary N) is 2. The fourth-order valence-electron chi connectivity index (χ4n) is 3.15. The van der Waals surface area contributed by atoms with Gasteiger partial charge in [-0.2, -0.15) is 0 Å². The Morgan fingerprint density at radius 2 is 2.04 bits per heavy atom. The third-order valence-electron chi connectivity index (χ3n) is 4.96. The summed E-state index contributed by atoms with van der Waals surface area (Å²) in [7, 11) is 0. The summed E-state index contributed by atoms with van der Waals surface area (Å²) in [5.41, 5.74) is 0.833. The van der Waals surface area contributed by atoms with E-state index in [4.69, 9.17) is 4.74 Å². The molecule has 1 amide bonds. The monoisotopic (exact) mass is 356 g/mol. The van der Waals surface area contributed by atoms with Gasteiger partial charge in [0.25, 0.3) is 5.91 Å². The molecule has 2 saturated carbocycles. The average molecular weight is 357 g/mol. The summed E-state index contributed by atoms with van der Waals surface area (Å²) < 4.78 is 5.33. The number of carbonyl (C=O) groups excluding carboxylic acids is 1. The Hall–Kier alpha value is -0.620. The van der Waals surface area contributed by atoms with Gasteiger partial charge in [-0.1, -0.05) is 0 Å². The van der Waals surface area contributed by atoms with E-state index in [2.05, 4.69) is 16.7 Å². The van der Waals surface area contributed by atoms with Crippen LogP contribution in [-0.2, 0) is 4.74 Å². The van der Waals surface area contributed by atoms with Crippen molar-refractivity contribution in [3.8, 4) is 0 Å². The van der Waals surface area contributed by atoms with Crippen molar-refractivity contribution in [2.24, 2.45) is 5.92 Å². The van der Waals surface area contributed by atoms with Crippen LogP contribution in [0.1, 0.15) is 53.3 Å². The second-order valence-electron chi connectivity index (χ2n) is 6.90. The van der Waals surface area contributed by atoms with Gasteiger partial charge in [-0.25, -0.2) is 0 Å². The molecule has 2 atom stereocenters. The van der Waals surface area contributed by atoms with Crippen molar-refractivity contribution in [2.75, 3.05) is 19.8 Å². The number of hydrogen-bond donors (Lipinski definition) is 2. The summed E-state index contributed by atoms with van der Waals surface area (Å²) in [6, 6.07) is 3.02. The van der Waals surface area contributed by atoms with Gasteiger partial charge in [-0.15, -0.1) is 23.7 Å². The van der Waals surface area contributed by atoms with Crippen LogP contribution < -0.4 is 10.6 Å². The van der Waals surface area contributed by atoms with Crippen LogP contribution in [0.2, 0.25) is 0 Å². The molecule has 1 aliphatic heterocycles. The van der Waals surface area contributed by atoms with E-state index in [1.54, 1.807) is 11.3 Å². The van der Waals surface area contributed by atoms with Gasteiger partial charge in [-0.05, 0) is 50.6 Å². The van der Waals surface area contributed by atoms with E-state index in [1.165, 1.54) is 30.7 Å². The molecule has 0 unspecified atom stereocenters. The molecule has 2 aliphatic carbocycles. The lowest BCUT2D eigenvalue weighted by Crippen LogP contribution is -2.38. The highest BCUT2D eigenvalue weighted by Crippen LogP contribution is 2.44. The summed E-state index contributed by atoms with van der Waals surface area (Å²) >= 11 is 1.74. The van der Waals surface area contributed by atoms with Gasteiger partial charge in [-0.3, -0.25) is 4.79 Å². The zero-order chi connectivity index (χ0) is 14.9. The maximum Gasteiger partial charge on any atom is 0.252 e. The third kappa shape index (κ3) is 4.47. The van der Waals surface area contributed by atoms with Gasteiger partial charge >= 0.3 is 0 Å². The molecule has 4 rings (SSSR count). The van der Waals surface area contributed by atoms with E-state index in [0.717, 1.165) is 37.5 Å². The number of carbonyl (C=O) groups is 1. The summed E-state index contributed by atoms with van der Waals surface area (Å²) in [6.45, 7) is 2.70. The molecule has 6 heteroatoms. The first-order valence-corrected chi connectivity index (χ1v) is 9.38. The minimum Gasteiger partial charge on any atom is -0.381 e. The van der Waals surface area contributed by atoms with E-state index in [9.17, 15) is 4.79 Å². The Kier molecular flexibility index (Phi) is 5.62. The molecular formula is C17H25ClN2O2S. The number of amides is 1. The van der Waals surface area contributed by atoms with Crippen LogP contribution >= 0.6 is 23.7 Å². The van der Waals surface area contributed by atoms with E-state index < -0.39 is 0 Å². The Labute approximate surface area is 147 Å². The highest BCUT2D eigenvalue weighted by Gasteiger charge is 2.40. The Morgan fingerprint density at radius 1 is 1.26 bits per heavy atom. The molecule has 0 aromatic carbocycles. The first-order chi connectivity index (χ1) is 10.8. The Morgan fingerprint density at radius 3 is 2.78 bits per heavy atom. The Bertz CT molecular complexity index is 540. The van der Waals surface area contributed by atoms with Crippen LogP contribution in [-0.4, -0.2) is 37.7 Å². The minimum atomic E-state index is 0. The number of ether oxygens (including phenoxy) is 1. The maximum absolute atomic E-state index is 12.3. The molecule has 3 aliphatic rings. The Balaban J connectivity index is 0.00000156. The number of hydrogen-bond acceptors (Lipinski definition) is 4. The van der Waals surface area contributed by atoms with E-state index in [1.807, 2.05) is 5.38 Å². The summed E-state index contributed by atoms with van der Waals surface area (Å²) in [4.78, 5) is 13.7. The van der Waals surface area contributed by atoms with Crippen molar-refractivity contribution in [2.45, 2.75) is 50.1 Å². The molecule has 3 fully saturated rings. The third-order valence-corrected chi connectivity index (χ3v) is 6.02. The highest BCUT2D eigenvalue weighted by atomic mass is 35.5. The number of thiophene rings is 1.